The molecule has 7 heteroatoms. The van der Waals surface area contributed by atoms with Crippen molar-refractivity contribution in [2.45, 2.75) is 19.3 Å². The molecule has 2 atom stereocenters. The number of esters is 1. The van der Waals surface area contributed by atoms with Gasteiger partial charge in [0.05, 0.1) is 26.7 Å². The molecule has 0 aliphatic carbocycles. The molecule has 0 radical (unpaired) electrons. The normalized spacial score (nSPS) is 18.5. The third-order valence-electron chi connectivity index (χ3n) is 5.06. The second-order valence-electron chi connectivity index (χ2n) is 6.87. The maximum absolute atomic E-state index is 13.6. The van der Waals surface area contributed by atoms with Crippen LogP contribution in [0.2, 0.25) is 5.02 Å². The van der Waals surface area contributed by atoms with Gasteiger partial charge < -0.3 is 9.47 Å². The minimum Gasteiger partial charge on any atom is -0.497 e. The fourth-order valence-electron chi connectivity index (χ4n) is 3.67. The first-order valence-corrected chi connectivity index (χ1v) is 9.58. The van der Waals surface area contributed by atoms with Crippen LogP contribution < -0.4 is 4.74 Å². The van der Waals surface area contributed by atoms with Crippen LogP contribution in [0.5, 0.6) is 5.75 Å². The van der Waals surface area contributed by atoms with E-state index < -0.39 is 23.6 Å². The Hall–Kier alpha value is -3.17. The van der Waals surface area contributed by atoms with Gasteiger partial charge in [-0.25, -0.2) is 9.24 Å². The number of allylic oxidation sites excluding steroid dienone is 2. The molecule has 5 nitrogen and oxygen atoms in total. The van der Waals surface area contributed by atoms with E-state index in [2.05, 4.69) is 9.84 Å². The summed E-state index contributed by atoms with van der Waals surface area (Å²) in [5.74, 6) is -1.87. The van der Waals surface area contributed by atoms with Crippen molar-refractivity contribution in [2.75, 3.05) is 14.2 Å². The Labute approximate surface area is 179 Å². The summed E-state index contributed by atoms with van der Waals surface area (Å²) in [6, 6.07) is 11.4. The Morgan fingerprint density at radius 2 is 2.03 bits per heavy atom. The van der Waals surface area contributed by atoms with Crippen molar-refractivity contribution >= 4 is 23.3 Å². The summed E-state index contributed by atoms with van der Waals surface area (Å²) in [5, 5.41) is 0.144. The van der Waals surface area contributed by atoms with E-state index >= 15 is 0 Å². The number of carbonyl (C=O) groups excluding carboxylic acids is 1. The van der Waals surface area contributed by atoms with E-state index in [-0.39, 0.29) is 10.7 Å². The van der Waals surface area contributed by atoms with Crippen LogP contribution in [0.3, 0.4) is 0 Å². The molecule has 0 fully saturated rings. The Morgan fingerprint density at radius 3 is 2.67 bits per heavy atom. The third kappa shape index (κ3) is 4.22. The fraction of sp³-hybridized carbons (Fsp3) is 0.261. The van der Waals surface area contributed by atoms with E-state index in [0.29, 0.717) is 29.1 Å². The van der Waals surface area contributed by atoms with Gasteiger partial charge >= 0.3 is 5.97 Å². The lowest BCUT2D eigenvalue weighted by molar-refractivity contribution is -0.143. The van der Waals surface area contributed by atoms with Gasteiger partial charge in [-0.15, -0.1) is 0 Å². The van der Waals surface area contributed by atoms with E-state index in [4.69, 9.17) is 27.6 Å². The summed E-state index contributed by atoms with van der Waals surface area (Å²) in [6.45, 7) is 9.54. The zero-order valence-corrected chi connectivity index (χ0v) is 17.5. The van der Waals surface area contributed by atoms with Crippen LogP contribution in [0.4, 0.5) is 4.39 Å². The van der Waals surface area contributed by atoms with Gasteiger partial charge in [-0.3, -0.25) is 9.79 Å². The van der Waals surface area contributed by atoms with Gasteiger partial charge in [0.25, 0.3) is 0 Å². The molecule has 154 valence electrons. The van der Waals surface area contributed by atoms with Crippen molar-refractivity contribution in [1.82, 2.24) is 0 Å². The van der Waals surface area contributed by atoms with Gasteiger partial charge in [0.15, 0.2) is 5.70 Å². The third-order valence-corrected chi connectivity index (χ3v) is 5.39. The second kappa shape index (κ2) is 9.10. The number of hydrogen-bond acceptors (Lipinski definition) is 4. The van der Waals surface area contributed by atoms with Crippen LogP contribution in [0.15, 0.2) is 58.9 Å². The molecule has 0 saturated carbocycles. The van der Waals surface area contributed by atoms with Crippen LogP contribution in [0.1, 0.15) is 24.0 Å². The summed E-state index contributed by atoms with van der Waals surface area (Å²) in [6.07, 6.45) is 0.370. The number of aliphatic imine (C=N–C) groups is 1. The highest BCUT2D eigenvalue weighted by molar-refractivity contribution is 6.31. The van der Waals surface area contributed by atoms with Crippen molar-refractivity contribution in [2.24, 2.45) is 10.9 Å². The Kier molecular flexibility index (Phi) is 6.53. The smallest absolute Gasteiger partial charge is 0.314 e. The van der Waals surface area contributed by atoms with E-state index in [9.17, 15) is 9.18 Å². The van der Waals surface area contributed by atoms with E-state index in [0.717, 1.165) is 5.56 Å². The number of carbonyl (C=O) groups is 1. The number of ether oxygens (including phenoxy) is 2. The molecule has 0 aromatic heterocycles. The van der Waals surface area contributed by atoms with E-state index in [1.54, 1.807) is 14.0 Å². The van der Waals surface area contributed by atoms with Crippen molar-refractivity contribution < 1.29 is 18.7 Å². The van der Waals surface area contributed by atoms with Crippen molar-refractivity contribution in [1.29, 1.82) is 0 Å². The molecule has 3 rings (SSSR count). The summed E-state index contributed by atoms with van der Waals surface area (Å²) in [7, 11) is 2.87. The van der Waals surface area contributed by atoms with Crippen LogP contribution >= 0.6 is 11.6 Å². The maximum atomic E-state index is 13.6. The quantitative estimate of drug-likeness (QED) is 0.487. The van der Waals surface area contributed by atoms with E-state index in [1.165, 1.54) is 25.3 Å². The summed E-state index contributed by atoms with van der Waals surface area (Å²) in [5.41, 5.74) is 2.71. The number of nitrogens with zero attached hydrogens (tertiary/aromatic N) is 2. The topological polar surface area (TPSA) is 52.2 Å². The summed E-state index contributed by atoms with van der Waals surface area (Å²) < 4.78 is 23.9. The minimum atomic E-state index is -0.823. The molecule has 1 aliphatic rings. The molecule has 0 spiro atoms. The van der Waals surface area contributed by atoms with Crippen LogP contribution in [-0.4, -0.2) is 25.9 Å². The molecule has 2 aromatic rings. The first-order valence-electron chi connectivity index (χ1n) is 9.21. The van der Waals surface area contributed by atoms with Gasteiger partial charge in [-0.05, 0) is 42.3 Å². The van der Waals surface area contributed by atoms with Crippen LogP contribution in [-0.2, 0) is 16.0 Å². The number of methoxy groups -OCH3 is 2. The zero-order chi connectivity index (χ0) is 21.8. The maximum Gasteiger partial charge on any atom is 0.314 e. The highest BCUT2D eigenvalue weighted by atomic mass is 35.5. The molecule has 2 unspecified atom stereocenters. The Bertz CT molecular complexity index is 1090. The molecule has 2 aromatic carbocycles. The number of hydrogen-bond donors (Lipinski definition) is 0. The lowest BCUT2D eigenvalue weighted by atomic mass is 9.78. The highest BCUT2D eigenvalue weighted by Gasteiger charge is 2.41. The van der Waals surface area contributed by atoms with Crippen molar-refractivity contribution in [3.63, 3.8) is 0 Å². The molecular formula is C23H20ClFN2O3. The number of halogens is 2. The molecule has 0 N–H and O–H groups in total. The van der Waals surface area contributed by atoms with E-state index in [1.807, 2.05) is 24.3 Å². The SMILES string of the molecule is [C-]#[N+]C1=C(Cc2cccc(OC)c2)N=C(C)C(C(=O)OC)C1c1ccc(F)cc1Cl. The largest absolute Gasteiger partial charge is 0.497 e. The molecule has 0 bridgehead atoms. The van der Waals surface area contributed by atoms with Gasteiger partial charge in [0.2, 0.25) is 0 Å². The molecule has 0 amide bonds. The zero-order valence-electron chi connectivity index (χ0n) is 16.8. The van der Waals surface area contributed by atoms with Crippen LogP contribution in [0, 0.1) is 18.3 Å². The Balaban J connectivity index is 2.16. The predicted octanol–water partition coefficient (Wildman–Crippen LogP) is 5.21. The first-order chi connectivity index (χ1) is 14.4. The molecule has 0 saturated heterocycles. The predicted molar refractivity (Wildman–Crippen MR) is 113 cm³/mol. The number of rotatable bonds is 5. The minimum absolute atomic E-state index is 0.144. The Morgan fingerprint density at radius 1 is 1.27 bits per heavy atom. The van der Waals surface area contributed by atoms with Gasteiger partial charge in [-0.2, -0.15) is 0 Å². The van der Waals surface area contributed by atoms with Crippen LogP contribution in [0.25, 0.3) is 4.85 Å². The van der Waals surface area contributed by atoms with Crippen molar-refractivity contribution in [3.8, 4) is 5.75 Å². The van der Waals surface area contributed by atoms with Gasteiger partial charge in [0, 0.05) is 28.8 Å². The summed E-state index contributed by atoms with van der Waals surface area (Å²) in [4.78, 5) is 20.9. The standard InChI is InChI=1S/C23H20ClFN2O3/c1-13-20(23(28)30-4)21(17-9-8-15(25)12-18(17)24)22(26-2)19(27-13)11-14-6-5-7-16(10-14)29-3/h5-10,12,20-21H,11H2,1,3-4H3. The molecule has 30 heavy (non-hydrogen) atoms. The first kappa shape index (κ1) is 21.5. The van der Waals surface area contributed by atoms with Gasteiger partial charge in [-0.1, -0.05) is 29.8 Å². The fourth-order valence-corrected chi connectivity index (χ4v) is 3.96. The number of benzene rings is 2. The lowest BCUT2D eigenvalue weighted by Crippen LogP contribution is -2.33. The lowest BCUT2D eigenvalue weighted by Gasteiger charge is -2.30. The average molecular weight is 427 g/mol. The second-order valence-corrected chi connectivity index (χ2v) is 7.28. The molecule has 1 heterocycles. The monoisotopic (exact) mass is 426 g/mol. The van der Waals surface area contributed by atoms with Crippen molar-refractivity contribution in [3.05, 3.63) is 87.2 Å². The van der Waals surface area contributed by atoms with Gasteiger partial charge in [0.1, 0.15) is 11.6 Å². The average Bonchev–Trinajstić information content (AvgIpc) is 2.73. The highest BCUT2D eigenvalue weighted by Crippen LogP contribution is 2.43. The summed E-state index contributed by atoms with van der Waals surface area (Å²) >= 11 is 6.32. The molecular weight excluding hydrogens is 407 g/mol. The molecule has 1 aliphatic heterocycles.